The highest BCUT2D eigenvalue weighted by Gasteiger charge is 2.16. The Hall–Kier alpha value is -1.99. The summed E-state index contributed by atoms with van der Waals surface area (Å²) >= 11 is 1.39. The molecule has 1 aromatic carbocycles. The predicted molar refractivity (Wildman–Crippen MR) is 88.2 cm³/mol. The van der Waals surface area contributed by atoms with E-state index in [1.165, 1.54) is 11.3 Å². The van der Waals surface area contributed by atoms with Crippen molar-refractivity contribution in [3.8, 4) is 5.75 Å². The number of ether oxygens (including phenoxy) is 2. The van der Waals surface area contributed by atoms with Crippen molar-refractivity contribution < 1.29 is 14.3 Å². The van der Waals surface area contributed by atoms with Crippen LogP contribution in [-0.4, -0.2) is 35.4 Å². The molecule has 7 heteroatoms. The van der Waals surface area contributed by atoms with Gasteiger partial charge in [-0.05, 0) is 43.5 Å². The number of aryl methyl sites for hydroxylation is 1. The standard InChI is InChI=1S/C16H19N3O3S/c1-2-14-18-19-16(23-14)17-15(20)11-5-7-12(8-6-11)22-10-13-4-3-9-21-13/h5-8,13H,2-4,9-10H2,1H3,(H,17,19,20). The van der Waals surface area contributed by atoms with Crippen molar-refractivity contribution in [2.24, 2.45) is 0 Å². The molecule has 1 atom stereocenters. The van der Waals surface area contributed by atoms with Crippen molar-refractivity contribution in [2.75, 3.05) is 18.5 Å². The number of nitrogens with zero attached hydrogens (tertiary/aromatic N) is 2. The summed E-state index contributed by atoms with van der Waals surface area (Å²) in [5.74, 6) is 0.538. The van der Waals surface area contributed by atoms with Crippen LogP contribution >= 0.6 is 11.3 Å². The van der Waals surface area contributed by atoms with Gasteiger partial charge < -0.3 is 9.47 Å². The minimum absolute atomic E-state index is 0.183. The van der Waals surface area contributed by atoms with Crippen LogP contribution in [0.1, 0.15) is 35.1 Å². The Morgan fingerprint density at radius 1 is 1.39 bits per heavy atom. The molecule has 3 rings (SSSR count). The van der Waals surface area contributed by atoms with Crippen LogP contribution in [0.2, 0.25) is 0 Å². The highest BCUT2D eigenvalue weighted by molar-refractivity contribution is 7.15. The zero-order valence-corrected chi connectivity index (χ0v) is 13.8. The number of benzene rings is 1. The average molecular weight is 333 g/mol. The highest BCUT2D eigenvalue weighted by Crippen LogP contribution is 2.19. The van der Waals surface area contributed by atoms with Gasteiger partial charge in [0, 0.05) is 12.2 Å². The van der Waals surface area contributed by atoms with Crippen LogP contribution in [0.25, 0.3) is 0 Å². The van der Waals surface area contributed by atoms with Crippen LogP contribution in [-0.2, 0) is 11.2 Å². The smallest absolute Gasteiger partial charge is 0.257 e. The van der Waals surface area contributed by atoms with Gasteiger partial charge in [-0.3, -0.25) is 10.1 Å². The molecule has 0 spiro atoms. The van der Waals surface area contributed by atoms with Gasteiger partial charge in [0.2, 0.25) is 5.13 Å². The summed E-state index contributed by atoms with van der Waals surface area (Å²) < 4.78 is 11.2. The van der Waals surface area contributed by atoms with Gasteiger partial charge in [-0.25, -0.2) is 0 Å². The molecule has 0 bridgehead atoms. The van der Waals surface area contributed by atoms with Gasteiger partial charge in [0.1, 0.15) is 17.4 Å². The number of carbonyl (C=O) groups excluding carboxylic acids is 1. The van der Waals surface area contributed by atoms with E-state index in [0.29, 0.717) is 17.3 Å². The van der Waals surface area contributed by atoms with Crippen LogP contribution in [0.4, 0.5) is 5.13 Å². The summed E-state index contributed by atoms with van der Waals surface area (Å²) in [7, 11) is 0. The van der Waals surface area contributed by atoms with E-state index in [1.54, 1.807) is 24.3 Å². The Bertz CT molecular complexity index is 651. The summed E-state index contributed by atoms with van der Waals surface area (Å²) in [6.45, 7) is 3.37. The summed E-state index contributed by atoms with van der Waals surface area (Å²) in [6, 6.07) is 7.06. The van der Waals surface area contributed by atoms with E-state index in [-0.39, 0.29) is 12.0 Å². The first kappa shape index (κ1) is 15.9. The Kier molecular flexibility index (Phi) is 5.19. The molecule has 1 fully saturated rings. The maximum absolute atomic E-state index is 12.2. The van der Waals surface area contributed by atoms with Crippen molar-refractivity contribution in [2.45, 2.75) is 32.3 Å². The van der Waals surface area contributed by atoms with Gasteiger partial charge in [-0.15, -0.1) is 10.2 Å². The third kappa shape index (κ3) is 4.27. The molecule has 0 aliphatic carbocycles. The molecular formula is C16H19N3O3S. The normalized spacial score (nSPS) is 17.2. The van der Waals surface area contributed by atoms with Crippen LogP contribution in [0.3, 0.4) is 0 Å². The van der Waals surface area contributed by atoms with Crippen LogP contribution in [0.5, 0.6) is 5.75 Å². The number of nitrogens with one attached hydrogen (secondary N) is 1. The molecule has 1 saturated heterocycles. The molecule has 1 amide bonds. The number of rotatable bonds is 6. The van der Waals surface area contributed by atoms with Crippen LogP contribution < -0.4 is 10.1 Å². The fourth-order valence-corrected chi connectivity index (χ4v) is 2.96. The lowest BCUT2D eigenvalue weighted by Gasteiger charge is -2.11. The van der Waals surface area contributed by atoms with Crippen molar-refractivity contribution in [3.63, 3.8) is 0 Å². The Morgan fingerprint density at radius 3 is 2.87 bits per heavy atom. The van der Waals surface area contributed by atoms with Gasteiger partial charge in [0.05, 0.1) is 6.10 Å². The molecule has 1 aliphatic heterocycles. The summed E-state index contributed by atoms with van der Waals surface area (Å²) in [5.41, 5.74) is 0.558. The van der Waals surface area contributed by atoms with E-state index < -0.39 is 0 Å². The van der Waals surface area contributed by atoms with E-state index in [9.17, 15) is 4.79 Å². The number of amides is 1. The first-order valence-corrected chi connectivity index (χ1v) is 8.54. The highest BCUT2D eigenvalue weighted by atomic mass is 32.1. The third-order valence-electron chi connectivity index (χ3n) is 3.57. The van der Waals surface area contributed by atoms with Crippen molar-refractivity contribution >= 4 is 22.4 Å². The summed E-state index contributed by atoms with van der Waals surface area (Å²) in [5, 5.41) is 12.1. The number of hydrogen-bond acceptors (Lipinski definition) is 6. The van der Waals surface area contributed by atoms with E-state index in [4.69, 9.17) is 9.47 Å². The molecule has 23 heavy (non-hydrogen) atoms. The minimum atomic E-state index is -0.200. The predicted octanol–water partition coefficient (Wildman–Crippen LogP) is 2.91. The lowest BCUT2D eigenvalue weighted by atomic mass is 10.2. The lowest BCUT2D eigenvalue weighted by Crippen LogP contribution is -2.16. The Labute approximate surface area is 138 Å². The zero-order chi connectivity index (χ0) is 16.1. The Balaban J connectivity index is 1.54. The quantitative estimate of drug-likeness (QED) is 0.880. The van der Waals surface area contributed by atoms with E-state index >= 15 is 0 Å². The molecule has 1 aliphatic rings. The first-order valence-electron chi connectivity index (χ1n) is 7.73. The van der Waals surface area contributed by atoms with Gasteiger partial charge in [0.25, 0.3) is 5.91 Å². The Morgan fingerprint density at radius 2 is 2.22 bits per heavy atom. The molecule has 0 radical (unpaired) electrons. The number of aromatic nitrogens is 2. The van der Waals surface area contributed by atoms with Crippen LogP contribution in [0.15, 0.2) is 24.3 Å². The van der Waals surface area contributed by atoms with Crippen LogP contribution in [0, 0.1) is 0 Å². The molecule has 6 nitrogen and oxygen atoms in total. The topological polar surface area (TPSA) is 73.3 Å². The number of hydrogen-bond donors (Lipinski definition) is 1. The maximum Gasteiger partial charge on any atom is 0.257 e. The van der Waals surface area contributed by atoms with Gasteiger partial charge >= 0.3 is 0 Å². The number of anilines is 1. The molecule has 2 heterocycles. The fraction of sp³-hybridized carbons (Fsp3) is 0.438. The van der Waals surface area contributed by atoms with Crippen molar-refractivity contribution in [1.29, 1.82) is 0 Å². The second kappa shape index (κ2) is 7.52. The van der Waals surface area contributed by atoms with Gasteiger partial charge in [-0.2, -0.15) is 0 Å². The largest absolute Gasteiger partial charge is 0.491 e. The number of carbonyl (C=O) groups is 1. The molecule has 1 N–H and O–H groups in total. The van der Waals surface area contributed by atoms with Gasteiger partial charge in [-0.1, -0.05) is 18.3 Å². The molecule has 1 unspecified atom stereocenters. The van der Waals surface area contributed by atoms with Gasteiger partial charge in [0.15, 0.2) is 0 Å². The van der Waals surface area contributed by atoms with Crippen molar-refractivity contribution in [1.82, 2.24) is 10.2 Å². The minimum Gasteiger partial charge on any atom is -0.491 e. The molecule has 2 aromatic rings. The lowest BCUT2D eigenvalue weighted by molar-refractivity contribution is 0.0679. The molecule has 0 saturated carbocycles. The third-order valence-corrected chi connectivity index (χ3v) is 4.55. The monoisotopic (exact) mass is 333 g/mol. The molecule has 122 valence electrons. The van der Waals surface area contributed by atoms with E-state index in [2.05, 4.69) is 15.5 Å². The summed E-state index contributed by atoms with van der Waals surface area (Å²) in [4.78, 5) is 12.2. The molecule has 1 aromatic heterocycles. The molecular weight excluding hydrogens is 314 g/mol. The first-order chi connectivity index (χ1) is 11.2. The fourth-order valence-electron chi connectivity index (χ4n) is 2.28. The average Bonchev–Trinajstić information content (AvgIpc) is 3.25. The summed E-state index contributed by atoms with van der Waals surface area (Å²) in [6.07, 6.45) is 3.13. The van der Waals surface area contributed by atoms with Crippen molar-refractivity contribution in [3.05, 3.63) is 34.8 Å². The SMILES string of the molecule is CCc1nnc(NC(=O)c2ccc(OCC3CCCO3)cc2)s1. The second-order valence-electron chi connectivity index (χ2n) is 5.28. The van der Waals surface area contributed by atoms with E-state index in [1.807, 2.05) is 6.92 Å². The second-order valence-corrected chi connectivity index (χ2v) is 6.34. The maximum atomic E-state index is 12.2. The zero-order valence-electron chi connectivity index (χ0n) is 12.9. The van der Waals surface area contributed by atoms with E-state index in [0.717, 1.165) is 36.6 Å².